The van der Waals surface area contributed by atoms with E-state index in [0.29, 0.717) is 12.1 Å². The number of fused-ring (bicyclic) bond motifs is 2. The molecule has 106 valence electrons. The molecule has 2 heterocycles. The zero-order valence-electron chi connectivity index (χ0n) is 11.4. The molecule has 1 aromatic carbocycles. The summed E-state index contributed by atoms with van der Waals surface area (Å²) in [6.07, 6.45) is 3.85. The molecule has 2 bridgehead atoms. The molecule has 0 radical (unpaired) electrons. The molecule has 2 fully saturated rings. The van der Waals surface area contributed by atoms with Crippen molar-refractivity contribution < 1.29 is 4.39 Å². The monoisotopic (exact) mass is 284 g/mol. The molecule has 2 aliphatic rings. The number of likely N-dealkylation sites (tertiary alicyclic amines) is 1. The molecule has 2 unspecified atom stereocenters. The summed E-state index contributed by atoms with van der Waals surface area (Å²) in [4.78, 5) is 2.47. The molecular weight excluding hydrogens is 263 g/mol. The second-order valence-corrected chi connectivity index (χ2v) is 5.73. The van der Waals surface area contributed by atoms with Crippen molar-refractivity contribution in [1.82, 2.24) is 10.2 Å². The Balaban J connectivity index is 0.00000133. The molecule has 2 saturated heterocycles. The van der Waals surface area contributed by atoms with Gasteiger partial charge in [-0.3, -0.25) is 4.90 Å². The number of nitrogens with zero attached hydrogens (tertiary/aromatic N) is 1. The quantitative estimate of drug-likeness (QED) is 0.898. The zero-order chi connectivity index (χ0) is 12.5. The van der Waals surface area contributed by atoms with E-state index in [1.54, 1.807) is 12.1 Å². The molecule has 0 aromatic heterocycles. The molecular formula is C15H22ClFN2. The largest absolute Gasteiger partial charge is 0.310 e. The lowest BCUT2D eigenvalue weighted by molar-refractivity contribution is 0.250. The number of aryl methyl sites for hydroxylation is 1. The first-order chi connectivity index (χ1) is 8.70. The van der Waals surface area contributed by atoms with Crippen molar-refractivity contribution in [2.45, 2.75) is 44.8 Å². The van der Waals surface area contributed by atoms with Gasteiger partial charge in [-0.1, -0.05) is 6.07 Å². The fourth-order valence-corrected chi connectivity index (χ4v) is 3.21. The van der Waals surface area contributed by atoms with E-state index in [1.807, 2.05) is 6.07 Å². The molecule has 4 heteroatoms. The van der Waals surface area contributed by atoms with Crippen LogP contribution in [0.1, 0.15) is 30.4 Å². The van der Waals surface area contributed by atoms with Crippen LogP contribution in [0.25, 0.3) is 0 Å². The number of hydrogen-bond donors (Lipinski definition) is 1. The summed E-state index contributed by atoms with van der Waals surface area (Å²) in [7, 11) is 0. The van der Waals surface area contributed by atoms with Gasteiger partial charge < -0.3 is 5.32 Å². The van der Waals surface area contributed by atoms with Gasteiger partial charge in [-0.25, -0.2) is 4.39 Å². The van der Waals surface area contributed by atoms with Gasteiger partial charge in [0.15, 0.2) is 0 Å². The Bertz CT molecular complexity index is 438. The predicted molar refractivity (Wildman–Crippen MR) is 78.2 cm³/mol. The molecule has 0 spiro atoms. The van der Waals surface area contributed by atoms with Gasteiger partial charge in [-0.15, -0.1) is 12.4 Å². The van der Waals surface area contributed by atoms with Crippen LogP contribution < -0.4 is 5.32 Å². The highest BCUT2D eigenvalue weighted by Gasteiger charge is 2.29. The minimum atomic E-state index is -0.120. The van der Waals surface area contributed by atoms with Crippen molar-refractivity contribution in [3.05, 3.63) is 35.1 Å². The van der Waals surface area contributed by atoms with Crippen molar-refractivity contribution in [3.63, 3.8) is 0 Å². The first-order valence-corrected chi connectivity index (χ1v) is 6.94. The van der Waals surface area contributed by atoms with E-state index in [9.17, 15) is 4.39 Å². The second kappa shape index (κ2) is 6.21. The highest BCUT2D eigenvalue weighted by Crippen LogP contribution is 2.22. The number of rotatable bonds is 2. The highest BCUT2D eigenvalue weighted by molar-refractivity contribution is 5.85. The van der Waals surface area contributed by atoms with Crippen molar-refractivity contribution in [2.75, 3.05) is 13.1 Å². The van der Waals surface area contributed by atoms with Gasteiger partial charge in [0.2, 0.25) is 0 Å². The minimum absolute atomic E-state index is 0. The van der Waals surface area contributed by atoms with E-state index in [2.05, 4.69) is 17.1 Å². The van der Waals surface area contributed by atoms with Gasteiger partial charge in [0.25, 0.3) is 0 Å². The molecule has 1 aromatic rings. The number of halogens is 2. The third kappa shape index (κ3) is 3.47. The van der Waals surface area contributed by atoms with Gasteiger partial charge in [0.05, 0.1) is 0 Å². The van der Waals surface area contributed by atoms with Gasteiger partial charge in [-0.2, -0.15) is 0 Å². The predicted octanol–water partition coefficient (Wildman–Crippen LogP) is 2.88. The lowest BCUT2D eigenvalue weighted by atomic mass is 10.1. The van der Waals surface area contributed by atoms with Gasteiger partial charge >= 0.3 is 0 Å². The van der Waals surface area contributed by atoms with Crippen LogP contribution in [-0.2, 0) is 6.54 Å². The Kier molecular flexibility index (Phi) is 4.82. The number of hydrogen-bond acceptors (Lipinski definition) is 2. The smallest absolute Gasteiger partial charge is 0.123 e. The van der Waals surface area contributed by atoms with Crippen molar-refractivity contribution in [1.29, 1.82) is 0 Å². The Morgan fingerprint density at radius 2 is 2.05 bits per heavy atom. The van der Waals surface area contributed by atoms with Crippen molar-refractivity contribution in [3.8, 4) is 0 Å². The second-order valence-electron chi connectivity index (χ2n) is 5.73. The maximum Gasteiger partial charge on any atom is 0.123 e. The molecule has 2 aliphatic heterocycles. The summed E-state index contributed by atoms with van der Waals surface area (Å²) in [5, 5.41) is 3.68. The maximum atomic E-state index is 13.3. The molecule has 19 heavy (non-hydrogen) atoms. The Morgan fingerprint density at radius 1 is 1.26 bits per heavy atom. The number of benzene rings is 1. The topological polar surface area (TPSA) is 15.3 Å². The zero-order valence-corrected chi connectivity index (χ0v) is 12.2. The summed E-state index contributed by atoms with van der Waals surface area (Å²) in [5.41, 5.74) is 2.33. The standard InChI is InChI=1S/C15H21FN2.ClH/c1-11-2-3-13(16)8-12(11)9-18-7-6-14-4-5-15(10-18)17-14;/h2-3,8,14-15,17H,4-7,9-10H2,1H3;1H. The molecule has 2 nitrogen and oxygen atoms in total. The van der Waals surface area contributed by atoms with Crippen LogP contribution >= 0.6 is 12.4 Å². The Morgan fingerprint density at radius 3 is 2.89 bits per heavy atom. The van der Waals surface area contributed by atoms with Crippen LogP contribution in [-0.4, -0.2) is 30.1 Å². The first kappa shape index (κ1) is 14.8. The van der Waals surface area contributed by atoms with Gasteiger partial charge in [-0.05, 0) is 49.4 Å². The van der Waals surface area contributed by atoms with Crippen LogP contribution in [0.4, 0.5) is 4.39 Å². The SMILES string of the molecule is Cc1ccc(F)cc1CN1CCC2CCC(C1)N2.Cl. The first-order valence-electron chi connectivity index (χ1n) is 6.94. The Hall–Kier alpha value is -0.640. The van der Waals surface area contributed by atoms with E-state index in [-0.39, 0.29) is 18.2 Å². The summed E-state index contributed by atoms with van der Waals surface area (Å²) in [5.74, 6) is -0.120. The fraction of sp³-hybridized carbons (Fsp3) is 0.600. The van der Waals surface area contributed by atoms with Gasteiger partial charge in [0, 0.05) is 31.7 Å². The third-order valence-electron chi connectivity index (χ3n) is 4.31. The fourth-order valence-electron chi connectivity index (χ4n) is 3.21. The molecule has 0 aliphatic carbocycles. The molecule has 3 rings (SSSR count). The van der Waals surface area contributed by atoms with Crippen LogP contribution in [0, 0.1) is 12.7 Å². The summed E-state index contributed by atoms with van der Waals surface area (Å²) >= 11 is 0. The van der Waals surface area contributed by atoms with E-state index in [1.165, 1.54) is 24.8 Å². The molecule has 0 amide bonds. The molecule has 0 saturated carbocycles. The van der Waals surface area contributed by atoms with Crippen molar-refractivity contribution >= 4 is 12.4 Å². The van der Waals surface area contributed by atoms with Crippen LogP contribution in [0.2, 0.25) is 0 Å². The normalized spacial score (nSPS) is 26.8. The molecule has 1 N–H and O–H groups in total. The van der Waals surface area contributed by atoms with Crippen LogP contribution in [0.15, 0.2) is 18.2 Å². The lowest BCUT2D eigenvalue weighted by Crippen LogP contribution is -2.35. The van der Waals surface area contributed by atoms with Crippen LogP contribution in [0.5, 0.6) is 0 Å². The minimum Gasteiger partial charge on any atom is -0.310 e. The van der Waals surface area contributed by atoms with Gasteiger partial charge in [0.1, 0.15) is 5.82 Å². The van der Waals surface area contributed by atoms with E-state index in [0.717, 1.165) is 25.2 Å². The van der Waals surface area contributed by atoms with E-state index < -0.39 is 0 Å². The summed E-state index contributed by atoms with van der Waals surface area (Å²) in [6.45, 7) is 5.18. The average molecular weight is 285 g/mol. The maximum absolute atomic E-state index is 13.3. The highest BCUT2D eigenvalue weighted by atomic mass is 35.5. The summed E-state index contributed by atoms with van der Waals surface area (Å²) in [6, 6.07) is 6.48. The lowest BCUT2D eigenvalue weighted by Gasteiger charge is -2.24. The third-order valence-corrected chi connectivity index (χ3v) is 4.31. The average Bonchev–Trinajstić information content (AvgIpc) is 2.67. The summed E-state index contributed by atoms with van der Waals surface area (Å²) < 4.78 is 13.3. The van der Waals surface area contributed by atoms with E-state index >= 15 is 0 Å². The van der Waals surface area contributed by atoms with E-state index in [4.69, 9.17) is 0 Å². The van der Waals surface area contributed by atoms with Crippen LogP contribution in [0.3, 0.4) is 0 Å². The van der Waals surface area contributed by atoms with Crippen molar-refractivity contribution in [2.24, 2.45) is 0 Å². The molecule has 2 atom stereocenters. The Labute approximate surface area is 120 Å². The number of nitrogens with one attached hydrogen (secondary N) is 1.